The number of carbonyl (C=O) groups is 1. The molecule has 0 radical (unpaired) electrons. The SMILES string of the molecule is COC(=O)c1ccc([C@H]2CNCCN2)cc1. The van der Waals surface area contributed by atoms with Crippen molar-refractivity contribution in [2.75, 3.05) is 26.7 Å². The zero-order chi connectivity index (χ0) is 11.4. The van der Waals surface area contributed by atoms with Crippen molar-refractivity contribution in [2.24, 2.45) is 0 Å². The second-order valence-corrected chi connectivity index (χ2v) is 3.82. The number of piperazine rings is 1. The van der Waals surface area contributed by atoms with Gasteiger partial charge in [0, 0.05) is 25.7 Å². The molecule has 2 rings (SSSR count). The summed E-state index contributed by atoms with van der Waals surface area (Å²) < 4.78 is 4.65. The minimum absolute atomic E-state index is 0.290. The van der Waals surface area contributed by atoms with Gasteiger partial charge in [0.05, 0.1) is 12.7 Å². The van der Waals surface area contributed by atoms with Crippen molar-refractivity contribution in [1.82, 2.24) is 10.6 Å². The fraction of sp³-hybridized carbons (Fsp3) is 0.417. The van der Waals surface area contributed by atoms with E-state index in [0.29, 0.717) is 11.6 Å². The van der Waals surface area contributed by atoms with Gasteiger partial charge in [0.25, 0.3) is 0 Å². The van der Waals surface area contributed by atoms with E-state index < -0.39 is 0 Å². The molecule has 1 saturated heterocycles. The predicted octanol–water partition coefficient (Wildman–Crippen LogP) is 0.707. The number of nitrogens with one attached hydrogen (secondary N) is 2. The highest BCUT2D eigenvalue weighted by Gasteiger charge is 2.14. The molecule has 1 atom stereocenters. The van der Waals surface area contributed by atoms with E-state index in [4.69, 9.17) is 0 Å². The smallest absolute Gasteiger partial charge is 0.337 e. The fourth-order valence-electron chi connectivity index (χ4n) is 1.86. The normalized spacial score (nSPS) is 20.4. The molecule has 1 heterocycles. The molecule has 0 unspecified atom stereocenters. The molecule has 1 aromatic carbocycles. The van der Waals surface area contributed by atoms with Crippen molar-refractivity contribution >= 4 is 5.97 Å². The van der Waals surface area contributed by atoms with Crippen LogP contribution in [-0.2, 0) is 4.74 Å². The Kier molecular flexibility index (Phi) is 3.54. The Balaban J connectivity index is 2.09. The van der Waals surface area contributed by atoms with E-state index in [2.05, 4.69) is 15.4 Å². The summed E-state index contributed by atoms with van der Waals surface area (Å²) in [4.78, 5) is 11.3. The maximum absolute atomic E-state index is 11.3. The third kappa shape index (κ3) is 2.40. The van der Waals surface area contributed by atoms with Crippen LogP contribution in [0.5, 0.6) is 0 Å². The summed E-state index contributed by atoms with van der Waals surface area (Å²) in [6.07, 6.45) is 0. The first kappa shape index (κ1) is 11.1. The molecule has 1 aliphatic rings. The number of carbonyl (C=O) groups excluding carboxylic acids is 1. The van der Waals surface area contributed by atoms with E-state index in [9.17, 15) is 4.79 Å². The van der Waals surface area contributed by atoms with E-state index in [-0.39, 0.29) is 5.97 Å². The summed E-state index contributed by atoms with van der Waals surface area (Å²) >= 11 is 0. The van der Waals surface area contributed by atoms with Crippen molar-refractivity contribution in [3.63, 3.8) is 0 Å². The minimum atomic E-state index is -0.290. The maximum Gasteiger partial charge on any atom is 0.337 e. The summed E-state index contributed by atoms with van der Waals surface area (Å²) in [5.74, 6) is -0.290. The van der Waals surface area contributed by atoms with Crippen molar-refractivity contribution in [2.45, 2.75) is 6.04 Å². The van der Waals surface area contributed by atoms with Crippen LogP contribution in [0.2, 0.25) is 0 Å². The van der Waals surface area contributed by atoms with Gasteiger partial charge < -0.3 is 15.4 Å². The molecule has 4 nitrogen and oxygen atoms in total. The molecule has 86 valence electrons. The molecule has 2 N–H and O–H groups in total. The molecule has 0 amide bonds. The molecule has 0 saturated carbocycles. The quantitative estimate of drug-likeness (QED) is 0.721. The van der Waals surface area contributed by atoms with E-state index >= 15 is 0 Å². The molecule has 0 aliphatic carbocycles. The number of esters is 1. The highest BCUT2D eigenvalue weighted by atomic mass is 16.5. The molecule has 16 heavy (non-hydrogen) atoms. The lowest BCUT2D eigenvalue weighted by Gasteiger charge is -2.24. The molecule has 0 spiro atoms. The van der Waals surface area contributed by atoms with Gasteiger partial charge >= 0.3 is 5.97 Å². The first-order chi connectivity index (χ1) is 7.81. The van der Waals surface area contributed by atoms with Crippen LogP contribution in [0.4, 0.5) is 0 Å². The lowest BCUT2D eigenvalue weighted by Crippen LogP contribution is -2.42. The summed E-state index contributed by atoms with van der Waals surface area (Å²) in [5.41, 5.74) is 1.79. The first-order valence-electron chi connectivity index (χ1n) is 5.43. The van der Waals surface area contributed by atoms with Gasteiger partial charge in [-0.1, -0.05) is 12.1 Å². The van der Waals surface area contributed by atoms with Crippen molar-refractivity contribution in [1.29, 1.82) is 0 Å². The molecular formula is C12H16N2O2. The second-order valence-electron chi connectivity index (χ2n) is 3.82. The summed E-state index contributed by atoms with van der Waals surface area (Å²) in [6.45, 7) is 2.91. The Bertz CT molecular complexity index is 356. The number of hydrogen-bond donors (Lipinski definition) is 2. The van der Waals surface area contributed by atoms with Gasteiger partial charge in [0.1, 0.15) is 0 Å². The zero-order valence-corrected chi connectivity index (χ0v) is 9.32. The predicted molar refractivity (Wildman–Crippen MR) is 61.4 cm³/mol. The van der Waals surface area contributed by atoms with Gasteiger partial charge in [-0.05, 0) is 17.7 Å². The number of benzene rings is 1. The van der Waals surface area contributed by atoms with E-state index in [1.165, 1.54) is 12.7 Å². The highest BCUT2D eigenvalue weighted by Crippen LogP contribution is 2.14. The molecule has 4 heteroatoms. The Hall–Kier alpha value is -1.39. The van der Waals surface area contributed by atoms with Crippen molar-refractivity contribution in [3.05, 3.63) is 35.4 Å². The molecule has 0 bridgehead atoms. The van der Waals surface area contributed by atoms with Crippen LogP contribution >= 0.6 is 0 Å². The Morgan fingerprint density at radius 1 is 1.31 bits per heavy atom. The number of hydrogen-bond acceptors (Lipinski definition) is 4. The zero-order valence-electron chi connectivity index (χ0n) is 9.32. The van der Waals surface area contributed by atoms with E-state index in [1.54, 1.807) is 12.1 Å². The van der Waals surface area contributed by atoms with E-state index in [0.717, 1.165) is 19.6 Å². The third-order valence-corrected chi connectivity index (χ3v) is 2.78. The van der Waals surface area contributed by atoms with Crippen LogP contribution in [0.1, 0.15) is 22.0 Å². The number of methoxy groups -OCH3 is 1. The maximum atomic E-state index is 11.3. The van der Waals surface area contributed by atoms with Crippen LogP contribution in [0, 0.1) is 0 Å². The van der Waals surface area contributed by atoms with Gasteiger partial charge in [0.2, 0.25) is 0 Å². The van der Waals surface area contributed by atoms with Crippen molar-refractivity contribution < 1.29 is 9.53 Å². The summed E-state index contributed by atoms with van der Waals surface area (Å²) in [6, 6.07) is 7.88. The Morgan fingerprint density at radius 2 is 2.06 bits per heavy atom. The van der Waals surface area contributed by atoms with Gasteiger partial charge in [-0.3, -0.25) is 0 Å². The minimum Gasteiger partial charge on any atom is -0.465 e. The molecule has 1 fully saturated rings. The lowest BCUT2D eigenvalue weighted by atomic mass is 10.0. The Morgan fingerprint density at radius 3 is 2.62 bits per heavy atom. The largest absolute Gasteiger partial charge is 0.465 e. The molecule has 1 aliphatic heterocycles. The highest BCUT2D eigenvalue weighted by molar-refractivity contribution is 5.89. The van der Waals surface area contributed by atoms with Crippen molar-refractivity contribution in [3.8, 4) is 0 Å². The fourth-order valence-corrected chi connectivity index (χ4v) is 1.86. The molecular weight excluding hydrogens is 204 g/mol. The van der Waals surface area contributed by atoms with E-state index in [1.807, 2.05) is 12.1 Å². The summed E-state index contributed by atoms with van der Waals surface area (Å²) in [7, 11) is 1.39. The van der Waals surface area contributed by atoms with Crippen LogP contribution in [0.25, 0.3) is 0 Å². The molecule has 1 aromatic rings. The third-order valence-electron chi connectivity index (χ3n) is 2.78. The Labute approximate surface area is 95.0 Å². The molecule has 0 aromatic heterocycles. The van der Waals surface area contributed by atoms with Crippen LogP contribution < -0.4 is 10.6 Å². The number of ether oxygens (including phenoxy) is 1. The monoisotopic (exact) mass is 220 g/mol. The lowest BCUT2D eigenvalue weighted by molar-refractivity contribution is 0.0600. The first-order valence-corrected chi connectivity index (χ1v) is 5.43. The second kappa shape index (κ2) is 5.09. The average molecular weight is 220 g/mol. The van der Waals surface area contributed by atoms with Crippen LogP contribution in [0.3, 0.4) is 0 Å². The summed E-state index contributed by atoms with van der Waals surface area (Å²) in [5, 5.41) is 6.75. The van der Waals surface area contributed by atoms with Gasteiger partial charge in [-0.2, -0.15) is 0 Å². The number of rotatable bonds is 2. The topological polar surface area (TPSA) is 50.4 Å². The van der Waals surface area contributed by atoms with Gasteiger partial charge in [0.15, 0.2) is 0 Å². The van der Waals surface area contributed by atoms with Gasteiger partial charge in [-0.25, -0.2) is 4.79 Å². The van der Waals surface area contributed by atoms with Crippen LogP contribution in [0.15, 0.2) is 24.3 Å². The average Bonchev–Trinajstić information content (AvgIpc) is 2.39. The standard InChI is InChI=1S/C12H16N2O2/c1-16-12(15)10-4-2-9(3-5-10)11-8-13-6-7-14-11/h2-5,11,13-14H,6-8H2,1H3/t11-/m1/s1. The van der Waals surface area contributed by atoms with Crippen LogP contribution in [-0.4, -0.2) is 32.7 Å². The van der Waals surface area contributed by atoms with Gasteiger partial charge in [-0.15, -0.1) is 0 Å².